The fraction of sp³-hybridized carbons (Fsp3) is 0.238. The van der Waals surface area contributed by atoms with E-state index >= 15 is 0 Å². The molecule has 11 heteroatoms. The third-order valence-corrected chi connectivity index (χ3v) is 4.82. The van der Waals surface area contributed by atoms with Gasteiger partial charge < -0.3 is 24.8 Å². The fourth-order valence-electron chi connectivity index (χ4n) is 3.02. The number of pyridine rings is 1. The standard InChI is InChI=1S/C21H19ClFN5O4/c1-30-17-10-25-19(13-8-12(22)2-3-15(13)23)28-20(17)27-16-4-5-24-9-14(16)21(29)26-11-18-31-6-7-32-18/h2-5,8-10,18H,6-7,11H2,1H3,(H,26,29)(H,24,25,27,28). The van der Waals surface area contributed by atoms with Crippen LogP contribution in [-0.4, -0.2) is 54.0 Å². The molecule has 3 heterocycles. The van der Waals surface area contributed by atoms with Crippen molar-refractivity contribution in [2.24, 2.45) is 0 Å². The molecule has 32 heavy (non-hydrogen) atoms. The molecule has 0 aliphatic carbocycles. The summed E-state index contributed by atoms with van der Waals surface area (Å²) in [6, 6.07) is 5.72. The van der Waals surface area contributed by atoms with Gasteiger partial charge in [-0.3, -0.25) is 9.78 Å². The predicted molar refractivity (Wildman–Crippen MR) is 115 cm³/mol. The number of nitrogens with one attached hydrogen (secondary N) is 2. The van der Waals surface area contributed by atoms with Gasteiger partial charge in [-0.05, 0) is 24.3 Å². The Hall–Kier alpha value is -3.34. The Morgan fingerprint density at radius 2 is 2.09 bits per heavy atom. The van der Waals surface area contributed by atoms with Gasteiger partial charge in [-0.25, -0.2) is 14.4 Å². The lowest BCUT2D eigenvalue weighted by atomic mass is 10.2. The molecular formula is C21H19ClFN5O4. The van der Waals surface area contributed by atoms with Gasteiger partial charge in [-0.1, -0.05) is 11.6 Å². The number of rotatable bonds is 7. The van der Waals surface area contributed by atoms with Crippen molar-refractivity contribution in [2.75, 3.05) is 32.2 Å². The van der Waals surface area contributed by atoms with Crippen LogP contribution in [0.2, 0.25) is 5.02 Å². The molecule has 1 aliphatic heterocycles. The summed E-state index contributed by atoms with van der Waals surface area (Å²) < 4.78 is 30.3. The summed E-state index contributed by atoms with van der Waals surface area (Å²) >= 11 is 6.00. The Morgan fingerprint density at radius 3 is 2.88 bits per heavy atom. The Bertz CT molecular complexity index is 1130. The number of amides is 1. The summed E-state index contributed by atoms with van der Waals surface area (Å²) in [4.78, 5) is 25.3. The van der Waals surface area contributed by atoms with Crippen molar-refractivity contribution < 1.29 is 23.4 Å². The van der Waals surface area contributed by atoms with E-state index in [0.717, 1.165) is 0 Å². The number of carbonyl (C=O) groups is 1. The van der Waals surface area contributed by atoms with Gasteiger partial charge >= 0.3 is 0 Å². The number of benzene rings is 1. The Kier molecular flexibility index (Phi) is 6.74. The van der Waals surface area contributed by atoms with Crippen LogP contribution in [0.3, 0.4) is 0 Å². The Morgan fingerprint density at radius 1 is 1.28 bits per heavy atom. The molecule has 1 aliphatic rings. The van der Waals surface area contributed by atoms with Crippen molar-refractivity contribution in [1.29, 1.82) is 0 Å². The summed E-state index contributed by atoms with van der Waals surface area (Å²) in [5.74, 6) is -0.268. The molecule has 9 nitrogen and oxygen atoms in total. The number of hydrogen-bond donors (Lipinski definition) is 2. The lowest BCUT2D eigenvalue weighted by Gasteiger charge is -2.15. The van der Waals surface area contributed by atoms with Crippen LogP contribution in [0.15, 0.2) is 42.9 Å². The van der Waals surface area contributed by atoms with Gasteiger partial charge in [-0.2, -0.15) is 0 Å². The Balaban J connectivity index is 1.61. The van der Waals surface area contributed by atoms with Crippen LogP contribution in [0.4, 0.5) is 15.9 Å². The number of ether oxygens (including phenoxy) is 3. The molecule has 0 radical (unpaired) electrons. The Labute approximate surface area is 187 Å². The summed E-state index contributed by atoms with van der Waals surface area (Å²) in [7, 11) is 1.45. The van der Waals surface area contributed by atoms with Crippen molar-refractivity contribution in [3.63, 3.8) is 0 Å². The van der Waals surface area contributed by atoms with Gasteiger partial charge in [0.2, 0.25) is 0 Å². The zero-order valence-electron chi connectivity index (χ0n) is 17.0. The van der Waals surface area contributed by atoms with E-state index in [1.807, 2.05) is 0 Å². The number of aromatic nitrogens is 3. The van der Waals surface area contributed by atoms with E-state index in [9.17, 15) is 9.18 Å². The van der Waals surface area contributed by atoms with Crippen molar-refractivity contribution >= 4 is 29.0 Å². The first-order valence-electron chi connectivity index (χ1n) is 9.64. The summed E-state index contributed by atoms with van der Waals surface area (Å²) in [5, 5.41) is 6.15. The molecule has 1 saturated heterocycles. The van der Waals surface area contributed by atoms with Crippen LogP contribution in [0.25, 0.3) is 11.4 Å². The van der Waals surface area contributed by atoms with E-state index in [1.165, 1.54) is 43.9 Å². The van der Waals surface area contributed by atoms with Crippen molar-refractivity contribution in [1.82, 2.24) is 20.3 Å². The van der Waals surface area contributed by atoms with E-state index in [-0.39, 0.29) is 35.2 Å². The summed E-state index contributed by atoms with van der Waals surface area (Å²) in [5.41, 5.74) is 0.814. The van der Waals surface area contributed by atoms with Crippen LogP contribution in [0.5, 0.6) is 5.75 Å². The predicted octanol–water partition coefficient (Wildman–Crippen LogP) is 3.19. The summed E-state index contributed by atoms with van der Waals surface area (Å²) in [6.45, 7) is 1.18. The van der Waals surface area contributed by atoms with Crippen LogP contribution in [-0.2, 0) is 9.47 Å². The number of nitrogens with zero attached hydrogens (tertiary/aromatic N) is 3. The highest BCUT2D eigenvalue weighted by atomic mass is 35.5. The van der Waals surface area contributed by atoms with Crippen molar-refractivity contribution in [3.8, 4) is 17.1 Å². The first kappa shape index (κ1) is 21.9. The molecule has 0 unspecified atom stereocenters. The molecule has 0 atom stereocenters. The maximum absolute atomic E-state index is 14.3. The minimum absolute atomic E-state index is 0.101. The van der Waals surface area contributed by atoms with Crippen molar-refractivity contribution in [3.05, 3.63) is 59.3 Å². The molecule has 4 rings (SSSR count). The van der Waals surface area contributed by atoms with Crippen LogP contribution >= 0.6 is 11.6 Å². The molecule has 3 aromatic rings. The molecular weight excluding hydrogens is 441 g/mol. The first-order chi connectivity index (χ1) is 15.5. The van der Waals surface area contributed by atoms with Crippen LogP contribution in [0.1, 0.15) is 10.4 Å². The first-order valence-corrected chi connectivity index (χ1v) is 10.0. The minimum atomic E-state index is -0.522. The molecule has 2 N–H and O–H groups in total. The number of anilines is 2. The number of carbonyl (C=O) groups excluding carboxylic acids is 1. The molecule has 166 valence electrons. The second-order valence-corrected chi connectivity index (χ2v) is 7.10. The molecule has 0 bridgehead atoms. The van der Waals surface area contributed by atoms with Crippen LogP contribution in [0, 0.1) is 5.82 Å². The van der Waals surface area contributed by atoms with Crippen LogP contribution < -0.4 is 15.4 Å². The molecule has 1 aromatic carbocycles. The largest absolute Gasteiger partial charge is 0.491 e. The molecule has 2 aromatic heterocycles. The SMILES string of the molecule is COc1cnc(-c2cc(Cl)ccc2F)nc1Nc1ccncc1C(=O)NCC1OCCO1. The second kappa shape index (κ2) is 9.86. The van der Waals surface area contributed by atoms with E-state index < -0.39 is 12.1 Å². The zero-order chi connectivity index (χ0) is 22.5. The lowest BCUT2D eigenvalue weighted by Crippen LogP contribution is -2.33. The van der Waals surface area contributed by atoms with Gasteiger partial charge in [0.15, 0.2) is 23.7 Å². The van der Waals surface area contributed by atoms with Crippen molar-refractivity contribution in [2.45, 2.75) is 6.29 Å². The zero-order valence-corrected chi connectivity index (χ0v) is 17.7. The van der Waals surface area contributed by atoms with E-state index in [1.54, 1.807) is 6.07 Å². The minimum Gasteiger partial charge on any atom is -0.491 e. The highest BCUT2D eigenvalue weighted by molar-refractivity contribution is 6.30. The summed E-state index contributed by atoms with van der Waals surface area (Å²) in [6.07, 6.45) is 3.86. The average Bonchev–Trinajstić information content (AvgIpc) is 3.33. The van der Waals surface area contributed by atoms with Gasteiger partial charge in [0.1, 0.15) is 5.82 Å². The number of halogens is 2. The van der Waals surface area contributed by atoms with E-state index in [0.29, 0.717) is 29.7 Å². The van der Waals surface area contributed by atoms with Gasteiger partial charge in [0.25, 0.3) is 5.91 Å². The highest BCUT2D eigenvalue weighted by Gasteiger charge is 2.20. The second-order valence-electron chi connectivity index (χ2n) is 6.66. The van der Waals surface area contributed by atoms with Gasteiger partial charge in [0.05, 0.1) is 49.9 Å². The third kappa shape index (κ3) is 4.93. The third-order valence-electron chi connectivity index (χ3n) is 4.58. The average molecular weight is 460 g/mol. The number of methoxy groups -OCH3 is 1. The fourth-order valence-corrected chi connectivity index (χ4v) is 3.19. The smallest absolute Gasteiger partial charge is 0.255 e. The van der Waals surface area contributed by atoms with Gasteiger partial charge in [0, 0.05) is 17.4 Å². The lowest BCUT2D eigenvalue weighted by molar-refractivity contribution is -0.0379. The maximum Gasteiger partial charge on any atom is 0.255 e. The molecule has 0 saturated carbocycles. The van der Waals surface area contributed by atoms with Gasteiger partial charge in [-0.15, -0.1) is 0 Å². The monoisotopic (exact) mass is 459 g/mol. The molecule has 0 spiro atoms. The van der Waals surface area contributed by atoms with E-state index in [2.05, 4.69) is 25.6 Å². The normalized spacial score (nSPS) is 13.7. The molecule has 1 amide bonds. The maximum atomic E-state index is 14.3. The number of hydrogen-bond acceptors (Lipinski definition) is 8. The highest BCUT2D eigenvalue weighted by Crippen LogP contribution is 2.30. The topological polar surface area (TPSA) is 107 Å². The molecule has 1 fully saturated rings. The quantitative estimate of drug-likeness (QED) is 0.554. The van der Waals surface area contributed by atoms with E-state index in [4.69, 9.17) is 25.8 Å².